The van der Waals surface area contributed by atoms with Crippen LogP contribution in [0.15, 0.2) is 48.5 Å². The van der Waals surface area contributed by atoms with Gasteiger partial charge in [0.2, 0.25) is 0 Å². The summed E-state index contributed by atoms with van der Waals surface area (Å²) in [7, 11) is 0. The first-order chi connectivity index (χ1) is 16.6. The van der Waals surface area contributed by atoms with E-state index in [1.54, 1.807) is 6.07 Å². The summed E-state index contributed by atoms with van der Waals surface area (Å²) in [4.78, 5) is 17.5. The van der Waals surface area contributed by atoms with Crippen LogP contribution in [0.1, 0.15) is 60.9 Å². The quantitative estimate of drug-likeness (QED) is 0.471. The normalized spacial score (nSPS) is 18.6. The zero-order chi connectivity index (χ0) is 23.8. The van der Waals surface area contributed by atoms with E-state index in [4.69, 9.17) is 16.3 Å². The average molecular weight is 484 g/mol. The summed E-state index contributed by atoms with van der Waals surface area (Å²) in [6, 6.07) is 16.1. The van der Waals surface area contributed by atoms with Crippen molar-refractivity contribution in [2.75, 3.05) is 45.8 Å². The SMILES string of the molecule is CC(CN1CCC(Oc2ccc(C(=O)NCCCN3CCCC3)cc2Cl)CC1)c1ccccc1. The largest absolute Gasteiger partial charge is 0.489 e. The Kier molecular flexibility index (Phi) is 9.25. The van der Waals surface area contributed by atoms with E-state index in [-0.39, 0.29) is 12.0 Å². The third-order valence-corrected chi connectivity index (χ3v) is 7.35. The van der Waals surface area contributed by atoms with Crippen LogP contribution in [0.3, 0.4) is 0 Å². The standard InChI is InChI=1S/C28H38ClN3O2/c1-22(23-8-3-2-4-9-23)21-32-18-12-25(13-19-32)34-27-11-10-24(20-26(27)29)28(33)30-14-7-17-31-15-5-6-16-31/h2-4,8-11,20,22,25H,5-7,12-19,21H2,1H3,(H,30,33). The van der Waals surface area contributed by atoms with Crippen LogP contribution in [0.4, 0.5) is 0 Å². The first-order valence-electron chi connectivity index (χ1n) is 12.8. The molecule has 2 aliphatic heterocycles. The predicted molar refractivity (Wildman–Crippen MR) is 139 cm³/mol. The monoisotopic (exact) mass is 483 g/mol. The first kappa shape index (κ1) is 25.0. The van der Waals surface area contributed by atoms with Crippen LogP contribution in [-0.4, -0.2) is 67.6 Å². The van der Waals surface area contributed by atoms with E-state index in [1.807, 2.05) is 12.1 Å². The molecule has 2 heterocycles. The van der Waals surface area contributed by atoms with Crippen molar-refractivity contribution in [3.8, 4) is 5.75 Å². The molecule has 2 fully saturated rings. The second-order valence-corrected chi connectivity index (χ2v) is 10.1. The van der Waals surface area contributed by atoms with Crippen molar-refractivity contribution < 1.29 is 9.53 Å². The number of amides is 1. The van der Waals surface area contributed by atoms with E-state index >= 15 is 0 Å². The van der Waals surface area contributed by atoms with Gasteiger partial charge in [-0.15, -0.1) is 0 Å². The van der Waals surface area contributed by atoms with Crippen LogP contribution in [0.25, 0.3) is 0 Å². The van der Waals surface area contributed by atoms with Crippen molar-refractivity contribution in [1.29, 1.82) is 0 Å². The molecule has 184 valence electrons. The number of nitrogens with zero attached hydrogens (tertiary/aromatic N) is 2. The Morgan fingerprint density at radius 3 is 2.50 bits per heavy atom. The van der Waals surface area contributed by atoms with Crippen molar-refractivity contribution in [3.63, 3.8) is 0 Å². The van der Waals surface area contributed by atoms with Crippen LogP contribution >= 0.6 is 11.6 Å². The van der Waals surface area contributed by atoms with Crippen molar-refractivity contribution in [3.05, 3.63) is 64.7 Å². The molecule has 5 nitrogen and oxygen atoms in total. The number of carbonyl (C=O) groups excluding carboxylic acids is 1. The van der Waals surface area contributed by atoms with Gasteiger partial charge in [0.1, 0.15) is 11.9 Å². The number of carbonyl (C=O) groups is 1. The van der Waals surface area contributed by atoms with Gasteiger partial charge in [0.25, 0.3) is 5.91 Å². The summed E-state index contributed by atoms with van der Waals surface area (Å²) in [5.74, 6) is 1.12. The minimum atomic E-state index is -0.0734. The van der Waals surface area contributed by atoms with Crippen molar-refractivity contribution >= 4 is 17.5 Å². The molecule has 0 aromatic heterocycles. The van der Waals surface area contributed by atoms with Gasteiger partial charge in [0.05, 0.1) is 5.02 Å². The van der Waals surface area contributed by atoms with Crippen molar-refractivity contribution in [1.82, 2.24) is 15.1 Å². The van der Waals surface area contributed by atoms with Crippen LogP contribution < -0.4 is 10.1 Å². The fraction of sp³-hybridized carbons (Fsp3) is 0.536. The highest BCUT2D eigenvalue weighted by Crippen LogP contribution is 2.29. The van der Waals surface area contributed by atoms with Crippen LogP contribution in [0.5, 0.6) is 5.75 Å². The van der Waals surface area contributed by atoms with E-state index in [9.17, 15) is 4.79 Å². The topological polar surface area (TPSA) is 44.8 Å². The van der Waals surface area contributed by atoms with Crippen molar-refractivity contribution in [2.45, 2.75) is 51.0 Å². The predicted octanol–water partition coefficient (Wildman–Crippen LogP) is 5.20. The molecule has 2 saturated heterocycles. The molecule has 34 heavy (non-hydrogen) atoms. The molecule has 1 amide bonds. The number of halogens is 1. The zero-order valence-corrected chi connectivity index (χ0v) is 21.1. The van der Waals surface area contributed by atoms with Gasteiger partial charge >= 0.3 is 0 Å². The molecule has 0 spiro atoms. The van der Waals surface area contributed by atoms with Gasteiger partial charge in [-0.3, -0.25) is 4.79 Å². The molecule has 0 radical (unpaired) electrons. The number of nitrogens with one attached hydrogen (secondary N) is 1. The lowest BCUT2D eigenvalue weighted by molar-refractivity contribution is 0.0950. The third-order valence-electron chi connectivity index (χ3n) is 7.06. The fourth-order valence-electron chi connectivity index (χ4n) is 5.01. The van der Waals surface area contributed by atoms with Gasteiger partial charge in [0.15, 0.2) is 0 Å². The Hall–Kier alpha value is -2.08. The van der Waals surface area contributed by atoms with Crippen LogP contribution in [-0.2, 0) is 0 Å². The molecule has 6 heteroatoms. The second-order valence-electron chi connectivity index (χ2n) is 9.73. The molecule has 0 aliphatic carbocycles. The van der Waals surface area contributed by atoms with E-state index in [0.717, 1.165) is 45.4 Å². The molecule has 2 aromatic rings. The maximum atomic E-state index is 12.5. The Morgan fingerprint density at radius 2 is 1.79 bits per heavy atom. The number of hydrogen-bond donors (Lipinski definition) is 1. The van der Waals surface area contributed by atoms with Gasteiger partial charge in [-0.25, -0.2) is 0 Å². The number of benzene rings is 2. The molecule has 0 bridgehead atoms. The molecule has 2 aromatic carbocycles. The van der Waals surface area contributed by atoms with Gasteiger partial charge in [-0.05, 0) is 81.4 Å². The zero-order valence-electron chi connectivity index (χ0n) is 20.3. The summed E-state index contributed by atoms with van der Waals surface area (Å²) < 4.78 is 6.22. The highest BCUT2D eigenvalue weighted by Gasteiger charge is 2.23. The molecule has 1 atom stereocenters. The average Bonchev–Trinajstić information content (AvgIpc) is 3.38. The molecule has 1 unspecified atom stereocenters. The minimum Gasteiger partial charge on any atom is -0.489 e. The summed E-state index contributed by atoms with van der Waals surface area (Å²) in [6.45, 7) is 9.54. The van der Waals surface area contributed by atoms with E-state index in [0.29, 0.717) is 28.8 Å². The Morgan fingerprint density at radius 1 is 1.06 bits per heavy atom. The maximum absolute atomic E-state index is 12.5. The van der Waals surface area contributed by atoms with Gasteiger partial charge < -0.3 is 19.9 Å². The van der Waals surface area contributed by atoms with Crippen LogP contribution in [0.2, 0.25) is 5.02 Å². The highest BCUT2D eigenvalue weighted by atomic mass is 35.5. The molecule has 4 rings (SSSR count). The number of rotatable bonds is 10. The van der Waals surface area contributed by atoms with E-state index in [1.165, 1.54) is 31.5 Å². The summed E-state index contributed by atoms with van der Waals surface area (Å²) in [6.07, 6.45) is 5.70. The smallest absolute Gasteiger partial charge is 0.251 e. The molecule has 0 saturated carbocycles. The summed E-state index contributed by atoms with van der Waals surface area (Å²) >= 11 is 6.48. The van der Waals surface area contributed by atoms with E-state index < -0.39 is 0 Å². The molecule has 1 N–H and O–H groups in total. The Labute approximate surface area is 209 Å². The minimum absolute atomic E-state index is 0.0734. The van der Waals surface area contributed by atoms with Crippen LogP contribution in [0, 0.1) is 0 Å². The number of likely N-dealkylation sites (tertiary alicyclic amines) is 2. The Balaban J connectivity index is 1.19. The lowest BCUT2D eigenvalue weighted by Gasteiger charge is -2.34. The highest BCUT2D eigenvalue weighted by molar-refractivity contribution is 6.32. The Bertz CT molecular complexity index is 909. The number of piperidine rings is 1. The summed E-state index contributed by atoms with van der Waals surface area (Å²) in [5.41, 5.74) is 1.98. The first-order valence-corrected chi connectivity index (χ1v) is 13.2. The second kappa shape index (κ2) is 12.6. The summed E-state index contributed by atoms with van der Waals surface area (Å²) in [5, 5.41) is 3.52. The lowest BCUT2D eigenvalue weighted by atomic mass is 9.99. The van der Waals surface area contributed by atoms with E-state index in [2.05, 4.69) is 52.4 Å². The third kappa shape index (κ3) is 7.21. The lowest BCUT2D eigenvalue weighted by Crippen LogP contribution is -2.40. The maximum Gasteiger partial charge on any atom is 0.251 e. The molecule has 2 aliphatic rings. The van der Waals surface area contributed by atoms with Gasteiger partial charge in [0, 0.05) is 31.7 Å². The fourth-order valence-corrected chi connectivity index (χ4v) is 5.24. The number of ether oxygens (including phenoxy) is 1. The van der Waals surface area contributed by atoms with Gasteiger partial charge in [-0.1, -0.05) is 48.9 Å². The number of hydrogen-bond acceptors (Lipinski definition) is 4. The van der Waals surface area contributed by atoms with Gasteiger partial charge in [-0.2, -0.15) is 0 Å². The molecular formula is C28H38ClN3O2. The van der Waals surface area contributed by atoms with Crippen molar-refractivity contribution in [2.24, 2.45) is 0 Å². The molecular weight excluding hydrogens is 446 g/mol.